The summed E-state index contributed by atoms with van der Waals surface area (Å²) in [4.78, 5) is 23.5. The van der Waals surface area contributed by atoms with Crippen LogP contribution in [0.15, 0.2) is 78.9 Å². The van der Waals surface area contributed by atoms with Crippen LogP contribution in [0.2, 0.25) is 0 Å². The van der Waals surface area contributed by atoms with Gasteiger partial charge in [-0.05, 0) is 48.3 Å². The SMILES string of the molecule is CCc1ccc2nc(N(CCN(CC)CC)C(=O)C(c3ccccc3)c3ccccc3)sc2c1. The molecule has 0 fully saturated rings. The van der Waals surface area contributed by atoms with E-state index in [9.17, 15) is 4.79 Å². The van der Waals surface area contributed by atoms with E-state index in [-0.39, 0.29) is 11.8 Å². The van der Waals surface area contributed by atoms with Gasteiger partial charge in [-0.25, -0.2) is 4.98 Å². The fourth-order valence-electron chi connectivity index (χ4n) is 4.30. The molecule has 0 unspecified atom stereocenters. The zero-order chi connectivity index (χ0) is 23.9. The Balaban J connectivity index is 1.77. The Kier molecular flexibility index (Phi) is 8.09. The molecule has 0 aliphatic heterocycles. The molecule has 0 spiro atoms. The van der Waals surface area contributed by atoms with Crippen LogP contribution < -0.4 is 4.90 Å². The van der Waals surface area contributed by atoms with Crippen molar-refractivity contribution >= 4 is 32.6 Å². The van der Waals surface area contributed by atoms with Crippen molar-refractivity contribution < 1.29 is 4.79 Å². The van der Waals surface area contributed by atoms with Gasteiger partial charge in [0.2, 0.25) is 5.91 Å². The summed E-state index contributed by atoms with van der Waals surface area (Å²) in [5.41, 5.74) is 4.24. The topological polar surface area (TPSA) is 36.4 Å². The molecular weight excluding hydrogens is 438 g/mol. The number of fused-ring (bicyclic) bond motifs is 1. The summed E-state index contributed by atoms with van der Waals surface area (Å²) in [6, 6.07) is 26.6. The number of amides is 1. The number of rotatable bonds is 10. The Labute approximate surface area is 206 Å². The summed E-state index contributed by atoms with van der Waals surface area (Å²) in [7, 11) is 0. The van der Waals surface area contributed by atoms with E-state index in [2.05, 4.69) is 43.9 Å². The van der Waals surface area contributed by atoms with Gasteiger partial charge in [0.05, 0.1) is 16.1 Å². The molecule has 0 saturated carbocycles. The Bertz CT molecular complexity index is 1160. The fourth-order valence-corrected chi connectivity index (χ4v) is 5.36. The number of hydrogen-bond donors (Lipinski definition) is 0. The molecule has 5 heteroatoms. The van der Waals surface area contributed by atoms with Gasteiger partial charge in [0.25, 0.3) is 0 Å². The molecule has 0 atom stereocenters. The Morgan fingerprint density at radius 3 is 2.03 bits per heavy atom. The van der Waals surface area contributed by atoms with Crippen LogP contribution in [0.1, 0.15) is 43.4 Å². The number of carbonyl (C=O) groups excluding carboxylic acids is 1. The number of aromatic nitrogens is 1. The van der Waals surface area contributed by atoms with E-state index in [1.54, 1.807) is 11.3 Å². The van der Waals surface area contributed by atoms with Gasteiger partial charge in [-0.1, -0.05) is 98.8 Å². The third-order valence-corrected chi connectivity index (χ3v) is 7.43. The molecule has 1 heterocycles. The fraction of sp³-hybridized carbons (Fsp3) is 0.310. The van der Waals surface area contributed by atoms with E-state index in [1.165, 1.54) is 5.56 Å². The first kappa shape index (κ1) is 24.1. The molecular formula is C29H33N3OS. The lowest BCUT2D eigenvalue weighted by Crippen LogP contribution is -2.41. The van der Waals surface area contributed by atoms with Crippen molar-refractivity contribution in [3.8, 4) is 0 Å². The van der Waals surface area contributed by atoms with Crippen LogP contribution in [-0.2, 0) is 11.2 Å². The first-order chi connectivity index (χ1) is 16.6. The number of carbonyl (C=O) groups is 1. The average Bonchev–Trinajstić information content (AvgIpc) is 3.31. The van der Waals surface area contributed by atoms with E-state index >= 15 is 0 Å². The Morgan fingerprint density at radius 2 is 1.47 bits per heavy atom. The molecule has 0 bridgehead atoms. The van der Waals surface area contributed by atoms with Crippen LogP contribution in [0.3, 0.4) is 0 Å². The summed E-state index contributed by atoms with van der Waals surface area (Å²) >= 11 is 1.61. The van der Waals surface area contributed by atoms with Crippen LogP contribution in [0.5, 0.6) is 0 Å². The smallest absolute Gasteiger partial charge is 0.240 e. The average molecular weight is 472 g/mol. The first-order valence-electron chi connectivity index (χ1n) is 12.2. The van der Waals surface area contributed by atoms with Crippen molar-refractivity contribution in [1.82, 2.24) is 9.88 Å². The lowest BCUT2D eigenvalue weighted by molar-refractivity contribution is -0.119. The van der Waals surface area contributed by atoms with Crippen LogP contribution in [0.25, 0.3) is 10.2 Å². The zero-order valence-electron chi connectivity index (χ0n) is 20.3. The number of aryl methyl sites for hydroxylation is 1. The summed E-state index contributed by atoms with van der Waals surface area (Å²) in [5, 5.41) is 0.775. The summed E-state index contributed by atoms with van der Waals surface area (Å²) in [6.45, 7) is 9.82. The molecule has 34 heavy (non-hydrogen) atoms. The molecule has 0 N–H and O–H groups in total. The number of benzene rings is 3. The van der Waals surface area contributed by atoms with Crippen molar-refractivity contribution in [3.05, 3.63) is 95.6 Å². The summed E-state index contributed by atoms with van der Waals surface area (Å²) in [6.07, 6.45) is 0.984. The molecule has 0 radical (unpaired) electrons. The molecule has 1 aromatic heterocycles. The van der Waals surface area contributed by atoms with Gasteiger partial charge in [0.1, 0.15) is 0 Å². The van der Waals surface area contributed by atoms with Crippen LogP contribution >= 0.6 is 11.3 Å². The van der Waals surface area contributed by atoms with Crippen LogP contribution in [0, 0.1) is 0 Å². The quantitative estimate of drug-likeness (QED) is 0.270. The molecule has 0 aliphatic rings. The Morgan fingerprint density at radius 1 is 0.853 bits per heavy atom. The van der Waals surface area contributed by atoms with Crippen molar-refractivity contribution in [2.75, 3.05) is 31.1 Å². The van der Waals surface area contributed by atoms with Gasteiger partial charge in [-0.3, -0.25) is 9.69 Å². The molecule has 4 rings (SSSR count). The predicted octanol–water partition coefficient (Wildman–Crippen LogP) is 6.37. The van der Waals surface area contributed by atoms with E-state index in [1.807, 2.05) is 65.6 Å². The lowest BCUT2D eigenvalue weighted by Gasteiger charge is -2.28. The van der Waals surface area contributed by atoms with Crippen LogP contribution in [0.4, 0.5) is 5.13 Å². The minimum absolute atomic E-state index is 0.0688. The van der Waals surface area contributed by atoms with Gasteiger partial charge < -0.3 is 4.90 Å². The van der Waals surface area contributed by atoms with Crippen LogP contribution in [-0.4, -0.2) is 42.0 Å². The normalized spacial score (nSPS) is 11.4. The van der Waals surface area contributed by atoms with Crippen molar-refractivity contribution in [2.45, 2.75) is 33.1 Å². The second-order valence-corrected chi connectivity index (χ2v) is 9.43. The van der Waals surface area contributed by atoms with Gasteiger partial charge in [0, 0.05) is 13.1 Å². The predicted molar refractivity (Wildman–Crippen MR) is 144 cm³/mol. The highest BCUT2D eigenvalue weighted by Gasteiger charge is 2.30. The highest BCUT2D eigenvalue weighted by molar-refractivity contribution is 7.22. The molecule has 176 valence electrons. The van der Waals surface area contributed by atoms with E-state index in [0.29, 0.717) is 6.54 Å². The molecule has 4 aromatic rings. The van der Waals surface area contributed by atoms with Gasteiger partial charge >= 0.3 is 0 Å². The summed E-state index contributed by atoms with van der Waals surface area (Å²) in [5.74, 6) is -0.309. The number of anilines is 1. The zero-order valence-corrected chi connectivity index (χ0v) is 21.1. The first-order valence-corrected chi connectivity index (χ1v) is 13.0. The van der Waals surface area contributed by atoms with Gasteiger partial charge in [-0.2, -0.15) is 0 Å². The monoisotopic (exact) mass is 471 g/mol. The van der Waals surface area contributed by atoms with E-state index < -0.39 is 0 Å². The third-order valence-electron chi connectivity index (χ3n) is 6.39. The maximum absolute atomic E-state index is 14.3. The maximum atomic E-state index is 14.3. The minimum atomic E-state index is -0.377. The number of likely N-dealkylation sites (N-methyl/N-ethyl adjacent to an activating group) is 1. The molecule has 1 amide bonds. The number of nitrogens with zero attached hydrogens (tertiary/aromatic N) is 3. The molecule has 0 aliphatic carbocycles. The number of hydrogen-bond acceptors (Lipinski definition) is 4. The number of thiazole rings is 1. The molecule has 0 saturated heterocycles. The standard InChI is InChI=1S/C29H33N3OS/c1-4-22-17-18-25-26(21-22)34-29(30-25)32(20-19-31(5-2)6-3)28(33)27(23-13-9-7-10-14-23)24-15-11-8-12-16-24/h7-18,21,27H,4-6,19-20H2,1-3H3. The maximum Gasteiger partial charge on any atom is 0.240 e. The van der Waals surface area contributed by atoms with Crippen molar-refractivity contribution in [2.24, 2.45) is 0 Å². The largest absolute Gasteiger partial charge is 0.302 e. The van der Waals surface area contributed by atoms with Crippen molar-refractivity contribution in [1.29, 1.82) is 0 Å². The highest BCUT2D eigenvalue weighted by Crippen LogP contribution is 2.34. The second-order valence-electron chi connectivity index (χ2n) is 8.42. The lowest BCUT2D eigenvalue weighted by atomic mass is 9.90. The van der Waals surface area contributed by atoms with Gasteiger partial charge in [0.15, 0.2) is 5.13 Å². The third kappa shape index (κ3) is 5.37. The van der Waals surface area contributed by atoms with E-state index in [0.717, 1.165) is 52.5 Å². The minimum Gasteiger partial charge on any atom is -0.302 e. The second kappa shape index (κ2) is 11.4. The molecule has 4 nitrogen and oxygen atoms in total. The van der Waals surface area contributed by atoms with Crippen molar-refractivity contribution in [3.63, 3.8) is 0 Å². The highest BCUT2D eigenvalue weighted by atomic mass is 32.1. The van der Waals surface area contributed by atoms with E-state index in [4.69, 9.17) is 4.98 Å². The van der Waals surface area contributed by atoms with Gasteiger partial charge in [-0.15, -0.1) is 0 Å². The Hall–Kier alpha value is -3.02. The molecule has 3 aromatic carbocycles. The summed E-state index contributed by atoms with van der Waals surface area (Å²) < 4.78 is 1.13.